The normalized spacial score (nSPS) is 10.8. The second-order valence-electron chi connectivity index (χ2n) is 5.99. The van der Waals surface area contributed by atoms with Gasteiger partial charge in [-0.15, -0.1) is 0 Å². The molecular weight excluding hydrogens is 376 g/mol. The maximum atomic E-state index is 12.2. The van der Waals surface area contributed by atoms with E-state index < -0.39 is 0 Å². The van der Waals surface area contributed by atoms with Gasteiger partial charge in [0.05, 0.1) is 12.7 Å². The topological polar surface area (TPSA) is 76.0 Å². The van der Waals surface area contributed by atoms with E-state index in [-0.39, 0.29) is 11.8 Å². The molecular formula is C21H19ClN4O2. The molecule has 0 aliphatic carbocycles. The van der Waals surface area contributed by atoms with Crippen LogP contribution in [-0.2, 0) is 11.3 Å². The smallest absolute Gasteiger partial charge is 0.251 e. The lowest BCUT2D eigenvalue weighted by molar-refractivity contribution is -0.111. The molecule has 0 aliphatic heterocycles. The van der Waals surface area contributed by atoms with Crippen molar-refractivity contribution in [2.45, 2.75) is 6.54 Å². The molecule has 0 saturated carbocycles. The van der Waals surface area contributed by atoms with Gasteiger partial charge >= 0.3 is 0 Å². The van der Waals surface area contributed by atoms with Gasteiger partial charge in [-0.3, -0.25) is 9.59 Å². The van der Waals surface area contributed by atoms with E-state index in [0.29, 0.717) is 22.9 Å². The SMILES string of the molecule is CNC(=O)c1ccc(/C=C/C(=O)Nc2ccnn2Cc2ccccc2Cl)cc1. The molecule has 0 bridgehead atoms. The highest BCUT2D eigenvalue weighted by Crippen LogP contribution is 2.18. The highest BCUT2D eigenvalue weighted by molar-refractivity contribution is 6.31. The first-order chi connectivity index (χ1) is 13.6. The van der Waals surface area contributed by atoms with Gasteiger partial charge in [0.15, 0.2) is 0 Å². The molecule has 1 heterocycles. The van der Waals surface area contributed by atoms with E-state index in [1.165, 1.54) is 6.08 Å². The van der Waals surface area contributed by atoms with Crippen LogP contribution < -0.4 is 10.6 Å². The Hall–Kier alpha value is -3.38. The number of nitrogens with one attached hydrogen (secondary N) is 2. The van der Waals surface area contributed by atoms with Crippen LogP contribution in [0.3, 0.4) is 0 Å². The van der Waals surface area contributed by atoms with E-state index in [0.717, 1.165) is 11.1 Å². The molecule has 28 heavy (non-hydrogen) atoms. The fourth-order valence-electron chi connectivity index (χ4n) is 2.58. The Labute approximate surface area is 167 Å². The van der Waals surface area contributed by atoms with Crippen LogP contribution in [0.1, 0.15) is 21.5 Å². The Morgan fingerprint density at radius 1 is 1.11 bits per heavy atom. The second kappa shape index (κ2) is 9.01. The van der Waals surface area contributed by atoms with Crippen LogP contribution in [0.15, 0.2) is 66.9 Å². The zero-order valence-corrected chi connectivity index (χ0v) is 16.0. The Morgan fingerprint density at radius 2 is 1.86 bits per heavy atom. The number of carbonyl (C=O) groups is 2. The third kappa shape index (κ3) is 4.86. The number of rotatable bonds is 6. The monoisotopic (exact) mass is 394 g/mol. The number of halogens is 1. The largest absolute Gasteiger partial charge is 0.355 e. The fourth-order valence-corrected chi connectivity index (χ4v) is 2.78. The molecule has 0 unspecified atom stereocenters. The Balaban J connectivity index is 1.64. The second-order valence-corrected chi connectivity index (χ2v) is 6.40. The number of aromatic nitrogens is 2. The van der Waals surface area contributed by atoms with Crippen LogP contribution >= 0.6 is 11.6 Å². The maximum absolute atomic E-state index is 12.2. The van der Waals surface area contributed by atoms with E-state index in [1.54, 1.807) is 54.3 Å². The minimum absolute atomic E-state index is 0.153. The quantitative estimate of drug-likeness (QED) is 0.627. The van der Waals surface area contributed by atoms with Crippen LogP contribution in [-0.4, -0.2) is 28.6 Å². The van der Waals surface area contributed by atoms with Crippen molar-refractivity contribution in [1.29, 1.82) is 0 Å². The van der Waals surface area contributed by atoms with Gasteiger partial charge < -0.3 is 10.6 Å². The average Bonchev–Trinajstić information content (AvgIpc) is 3.14. The lowest BCUT2D eigenvalue weighted by Gasteiger charge is -2.09. The van der Waals surface area contributed by atoms with E-state index >= 15 is 0 Å². The number of hydrogen-bond acceptors (Lipinski definition) is 3. The molecule has 142 valence electrons. The maximum Gasteiger partial charge on any atom is 0.251 e. The molecule has 0 aliphatic rings. The zero-order valence-electron chi connectivity index (χ0n) is 15.2. The average molecular weight is 395 g/mol. The third-order valence-corrected chi connectivity index (χ3v) is 4.44. The van der Waals surface area contributed by atoms with E-state index in [4.69, 9.17) is 11.6 Å². The van der Waals surface area contributed by atoms with Crippen molar-refractivity contribution >= 4 is 35.3 Å². The Bertz CT molecular complexity index is 1010. The molecule has 3 aromatic rings. The minimum atomic E-state index is -0.281. The summed E-state index contributed by atoms with van der Waals surface area (Å²) in [7, 11) is 1.58. The molecule has 0 saturated heterocycles. The molecule has 0 radical (unpaired) electrons. The first-order valence-corrected chi connectivity index (χ1v) is 9.01. The lowest BCUT2D eigenvalue weighted by atomic mass is 10.1. The van der Waals surface area contributed by atoms with Gasteiger partial charge in [-0.05, 0) is 35.4 Å². The number of hydrogen-bond donors (Lipinski definition) is 2. The molecule has 2 aromatic carbocycles. The van der Waals surface area contributed by atoms with Crippen molar-refractivity contribution in [3.8, 4) is 0 Å². The molecule has 0 atom stereocenters. The highest BCUT2D eigenvalue weighted by atomic mass is 35.5. The Kier molecular flexibility index (Phi) is 6.24. The number of amides is 2. The lowest BCUT2D eigenvalue weighted by Crippen LogP contribution is -2.17. The summed E-state index contributed by atoms with van der Waals surface area (Å²) >= 11 is 6.19. The van der Waals surface area contributed by atoms with Crippen LogP contribution in [0, 0.1) is 0 Å². The van der Waals surface area contributed by atoms with E-state index in [2.05, 4.69) is 15.7 Å². The summed E-state index contributed by atoms with van der Waals surface area (Å²) in [4.78, 5) is 23.8. The van der Waals surface area contributed by atoms with Gasteiger partial charge in [-0.1, -0.05) is 41.9 Å². The van der Waals surface area contributed by atoms with Crippen molar-refractivity contribution in [3.63, 3.8) is 0 Å². The van der Waals surface area contributed by atoms with Crippen LogP contribution in [0.4, 0.5) is 5.82 Å². The molecule has 0 fully saturated rings. The van der Waals surface area contributed by atoms with E-state index in [9.17, 15) is 9.59 Å². The minimum Gasteiger partial charge on any atom is -0.355 e. The highest BCUT2D eigenvalue weighted by Gasteiger charge is 2.08. The summed E-state index contributed by atoms with van der Waals surface area (Å²) in [5.41, 5.74) is 2.29. The summed E-state index contributed by atoms with van der Waals surface area (Å²) < 4.78 is 1.67. The summed E-state index contributed by atoms with van der Waals surface area (Å²) in [5.74, 6) is 0.140. The third-order valence-electron chi connectivity index (χ3n) is 4.07. The first-order valence-electron chi connectivity index (χ1n) is 8.63. The van der Waals surface area contributed by atoms with E-state index in [1.807, 2.05) is 24.3 Å². The molecule has 6 nitrogen and oxygen atoms in total. The van der Waals surface area contributed by atoms with Crippen molar-refractivity contribution in [3.05, 3.63) is 88.6 Å². The fraction of sp³-hybridized carbons (Fsp3) is 0.0952. The van der Waals surface area contributed by atoms with Crippen LogP contribution in [0.25, 0.3) is 6.08 Å². The van der Waals surface area contributed by atoms with Crippen molar-refractivity contribution in [1.82, 2.24) is 15.1 Å². The summed E-state index contributed by atoms with van der Waals surface area (Å²) in [6, 6.07) is 16.2. The molecule has 1 aromatic heterocycles. The molecule has 3 rings (SSSR count). The zero-order chi connectivity index (χ0) is 19.9. The van der Waals surface area contributed by atoms with Gasteiger partial charge in [0.2, 0.25) is 5.91 Å². The summed E-state index contributed by atoms with van der Waals surface area (Å²) in [6.07, 6.45) is 4.73. The number of carbonyl (C=O) groups excluding carboxylic acids is 2. The molecule has 2 N–H and O–H groups in total. The molecule has 2 amide bonds. The first kappa shape index (κ1) is 19.4. The number of nitrogens with zero attached hydrogens (tertiary/aromatic N) is 2. The summed E-state index contributed by atoms with van der Waals surface area (Å²) in [6.45, 7) is 0.451. The number of benzene rings is 2. The molecule has 7 heteroatoms. The van der Waals surface area contributed by atoms with Crippen LogP contribution in [0.5, 0.6) is 0 Å². The summed E-state index contributed by atoms with van der Waals surface area (Å²) in [5, 5.41) is 10.3. The van der Waals surface area contributed by atoms with Gasteiger partial charge in [0.25, 0.3) is 5.91 Å². The Morgan fingerprint density at radius 3 is 2.57 bits per heavy atom. The van der Waals surface area contributed by atoms with Gasteiger partial charge in [0, 0.05) is 29.8 Å². The number of anilines is 1. The van der Waals surface area contributed by atoms with Gasteiger partial charge in [0.1, 0.15) is 5.82 Å². The predicted octanol–water partition coefficient (Wildman–Crippen LogP) is 3.60. The van der Waals surface area contributed by atoms with Crippen molar-refractivity contribution in [2.24, 2.45) is 0 Å². The predicted molar refractivity (Wildman–Crippen MR) is 110 cm³/mol. The van der Waals surface area contributed by atoms with Gasteiger partial charge in [-0.25, -0.2) is 4.68 Å². The molecule has 0 spiro atoms. The van der Waals surface area contributed by atoms with Crippen LogP contribution in [0.2, 0.25) is 5.02 Å². The van der Waals surface area contributed by atoms with Crippen molar-refractivity contribution in [2.75, 3.05) is 12.4 Å². The van der Waals surface area contributed by atoms with Gasteiger partial charge in [-0.2, -0.15) is 5.10 Å². The standard InChI is InChI=1S/C21H19ClN4O2/c1-23-21(28)16-9-6-15(7-10-16)8-11-20(27)25-19-12-13-24-26(19)14-17-4-2-3-5-18(17)22/h2-13H,14H2,1H3,(H,23,28)(H,25,27)/b11-8+. The van der Waals surface area contributed by atoms with Crippen molar-refractivity contribution < 1.29 is 9.59 Å².